The van der Waals surface area contributed by atoms with E-state index in [0.717, 1.165) is 5.56 Å². The molecule has 0 aliphatic rings. The van der Waals surface area contributed by atoms with E-state index in [4.69, 9.17) is 5.11 Å². The number of hydrogen-bond acceptors (Lipinski definition) is 3. The Labute approximate surface area is 112 Å². The molecule has 0 fully saturated rings. The Bertz CT molecular complexity index is 472. The fraction of sp³-hybridized carbons (Fsp3) is 0.286. The predicted molar refractivity (Wildman–Crippen MR) is 72.5 cm³/mol. The van der Waals surface area contributed by atoms with E-state index in [1.165, 1.54) is 11.0 Å². The quantitative estimate of drug-likeness (QED) is 0.736. The summed E-state index contributed by atoms with van der Waals surface area (Å²) in [7, 11) is 1.62. The molecule has 1 rings (SSSR count). The van der Waals surface area contributed by atoms with Crippen LogP contribution in [0.4, 0.5) is 0 Å². The second-order valence-electron chi connectivity index (χ2n) is 4.03. The van der Waals surface area contributed by atoms with Gasteiger partial charge >= 0.3 is 0 Å². The number of aliphatic hydroxyl groups is 1. The van der Waals surface area contributed by atoms with Crippen LogP contribution in [-0.2, 0) is 11.3 Å². The second kappa shape index (κ2) is 7.33. The highest BCUT2D eigenvalue weighted by Crippen LogP contribution is 2.11. The maximum atomic E-state index is 12.2. The van der Waals surface area contributed by atoms with Crippen LogP contribution in [0, 0.1) is 0 Å². The first-order chi connectivity index (χ1) is 9.10. The highest BCUT2D eigenvalue weighted by Gasteiger charge is 2.14. The lowest BCUT2D eigenvalue weighted by Crippen LogP contribution is -2.31. The number of amides is 2. The molecule has 0 radical (unpaired) electrons. The summed E-state index contributed by atoms with van der Waals surface area (Å²) in [6.07, 6.45) is 1.18. The van der Waals surface area contributed by atoms with E-state index in [0.29, 0.717) is 5.56 Å². The van der Waals surface area contributed by atoms with Crippen molar-refractivity contribution in [2.24, 2.45) is 0 Å². The maximum Gasteiger partial charge on any atom is 0.254 e. The van der Waals surface area contributed by atoms with Gasteiger partial charge in [-0.25, -0.2) is 0 Å². The summed E-state index contributed by atoms with van der Waals surface area (Å²) in [6, 6.07) is 7.05. The van der Waals surface area contributed by atoms with Gasteiger partial charge in [0.25, 0.3) is 5.91 Å². The zero-order valence-electron chi connectivity index (χ0n) is 10.9. The van der Waals surface area contributed by atoms with Gasteiger partial charge in [0.05, 0.1) is 6.61 Å². The van der Waals surface area contributed by atoms with Gasteiger partial charge in [-0.3, -0.25) is 9.59 Å². The topological polar surface area (TPSA) is 69.6 Å². The third-order valence-corrected chi connectivity index (χ3v) is 2.67. The molecule has 0 bridgehead atoms. The summed E-state index contributed by atoms with van der Waals surface area (Å²) < 4.78 is 0. The highest BCUT2D eigenvalue weighted by molar-refractivity contribution is 5.95. The van der Waals surface area contributed by atoms with E-state index in [-0.39, 0.29) is 31.5 Å². The molecule has 5 nitrogen and oxygen atoms in total. The zero-order chi connectivity index (χ0) is 14.3. The molecule has 2 N–H and O–H groups in total. The summed E-state index contributed by atoms with van der Waals surface area (Å²) in [5.74, 6) is -0.469. The van der Waals surface area contributed by atoms with Crippen LogP contribution in [0.1, 0.15) is 15.9 Å². The molecule has 102 valence electrons. The number of carbonyl (C=O) groups is 2. The molecule has 0 saturated heterocycles. The molecule has 19 heavy (non-hydrogen) atoms. The van der Waals surface area contributed by atoms with Crippen molar-refractivity contribution >= 4 is 11.8 Å². The van der Waals surface area contributed by atoms with Gasteiger partial charge < -0.3 is 15.3 Å². The summed E-state index contributed by atoms with van der Waals surface area (Å²) in [6.45, 7) is 3.82. The molecule has 0 spiro atoms. The largest absolute Gasteiger partial charge is 0.395 e. The number of aliphatic hydroxyl groups excluding tert-OH is 1. The molecule has 0 heterocycles. The van der Waals surface area contributed by atoms with Gasteiger partial charge in [-0.2, -0.15) is 0 Å². The van der Waals surface area contributed by atoms with Gasteiger partial charge in [-0.05, 0) is 17.7 Å². The van der Waals surface area contributed by atoms with Crippen LogP contribution in [0.25, 0.3) is 0 Å². The lowest BCUT2D eigenvalue weighted by atomic mass is 10.1. The first kappa shape index (κ1) is 14.9. The normalized spacial score (nSPS) is 9.79. The minimum absolute atomic E-state index is 0.0857. The van der Waals surface area contributed by atoms with Gasteiger partial charge in [0.2, 0.25) is 5.91 Å². The van der Waals surface area contributed by atoms with Crippen molar-refractivity contribution in [2.45, 2.75) is 6.54 Å². The van der Waals surface area contributed by atoms with E-state index in [9.17, 15) is 9.59 Å². The minimum Gasteiger partial charge on any atom is -0.395 e. The Balaban J connectivity index is 2.86. The molecule has 0 unspecified atom stereocenters. The fourth-order valence-electron chi connectivity index (χ4n) is 1.59. The fourth-order valence-corrected chi connectivity index (χ4v) is 1.59. The monoisotopic (exact) mass is 262 g/mol. The van der Waals surface area contributed by atoms with Gasteiger partial charge in [0.1, 0.15) is 0 Å². The first-order valence-electron chi connectivity index (χ1n) is 5.94. The van der Waals surface area contributed by atoms with E-state index in [1.807, 2.05) is 0 Å². The number of benzene rings is 1. The van der Waals surface area contributed by atoms with Crippen molar-refractivity contribution in [1.82, 2.24) is 10.2 Å². The molecule has 1 aromatic carbocycles. The number of carbonyl (C=O) groups excluding carboxylic acids is 2. The van der Waals surface area contributed by atoms with E-state index >= 15 is 0 Å². The third-order valence-electron chi connectivity index (χ3n) is 2.67. The molecule has 0 aliphatic carbocycles. The van der Waals surface area contributed by atoms with Crippen molar-refractivity contribution in [1.29, 1.82) is 0 Å². The van der Waals surface area contributed by atoms with Crippen molar-refractivity contribution in [3.8, 4) is 0 Å². The molecule has 0 aromatic heterocycles. The number of nitrogens with zero attached hydrogens (tertiary/aromatic N) is 1. The zero-order valence-corrected chi connectivity index (χ0v) is 10.9. The van der Waals surface area contributed by atoms with Crippen molar-refractivity contribution in [3.05, 3.63) is 48.0 Å². The number of hydrogen-bond donors (Lipinski definition) is 2. The van der Waals surface area contributed by atoms with E-state index in [1.54, 1.807) is 31.3 Å². The lowest BCUT2D eigenvalue weighted by molar-refractivity contribution is -0.116. The van der Waals surface area contributed by atoms with E-state index < -0.39 is 0 Å². The van der Waals surface area contributed by atoms with Crippen molar-refractivity contribution in [2.75, 3.05) is 20.2 Å². The number of likely N-dealkylation sites (N-methyl/N-ethyl adjacent to an activating group) is 1. The third kappa shape index (κ3) is 4.22. The average molecular weight is 262 g/mol. The van der Waals surface area contributed by atoms with Crippen LogP contribution in [0.2, 0.25) is 0 Å². The Morgan fingerprint density at radius 2 is 2.11 bits per heavy atom. The average Bonchev–Trinajstić information content (AvgIpc) is 2.44. The van der Waals surface area contributed by atoms with Crippen LogP contribution < -0.4 is 5.32 Å². The maximum absolute atomic E-state index is 12.2. The molecule has 0 aliphatic heterocycles. The van der Waals surface area contributed by atoms with Crippen LogP contribution in [-0.4, -0.2) is 42.0 Å². The molecule has 1 aromatic rings. The van der Waals surface area contributed by atoms with Crippen molar-refractivity contribution < 1.29 is 14.7 Å². The number of rotatable bonds is 6. The molecule has 5 heteroatoms. The Morgan fingerprint density at radius 1 is 1.42 bits per heavy atom. The molecular formula is C14H18N2O3. The SMILES string of the molecule is C=CC(=O)NCc1ccccc1C(=O)N(C)CCO. The summed E-state index contributed by atoms with van der Waals surface area (Å²) in [5.41, 5.74) is 1.25. The summed E-state index contributed by atoms with van der Waals surface area (Å²) >= 11 is 0. The van der Waals surface area contributed by atoms with Crippen molar-refractivity contribution in [3.63, 3.8) is 0 Å². The Hall–Kier alpha value is -2.14. The van der Waals surface area contributed by atoms with Gasteiger partial charge in [-0.1, -0.05) is 24.8 Å². The smallest absolute Gasteiger partial charge is 0.254 e. The van der Waals surface area contributed by atoms with E-state index in [2.05, 4.69) is 11.9 Å². The molecular weight excluding hydrogens is 244 g/mol. The second-order valence-corrected chi connectivity index (χ2v) is 4.03. The highest BCUT2D eigenvalue weighted by atomic mass is 16.3. The predicted octanol–water partition coefficient (Wildman–Crippen LogP) is 0.553. The number of nitrogens with one attached hydrogen (secondary N) is 1. The first-order valence-corrected chi connectivity index (χ1v) is 5.94. The standard InChI is InChI=1S/C14H18N2O3/c1-3-13(18)15-10-11-6-4-5-7-12(11)14(19)16(2)8-9-17/h3-7,17H,1,8-10H2,2H3,(H,15,18). The van der Waals surface area contributed by atoms with Gasteiger partial charge in [0, 0.05) is 25.7 Å². The van der Waals surface area contributed by atoms with Crippen LogP contribution in [0.3, 0.4) is 0 Å². The van der Waals surface area contributed by atoms with Crippen LogP contribution in [0.5, 0.6) is 0 Å². The molecule has 0 saturated carbocycles. The Kier molecular flexibility index (Phi) is 5.75. The molecule has 2 amide bonds. The summed E-state index contributed by atoms with van der Waals surface area (Å²) in [4.78, 5) is 24.7. The Morgan fingerprint density at radius 3 is 2.74 bits per heavy atom. The summed E-state index contributed by atoms with van der Waals surface area (Å²) in [5, 5.41) is 11.5. The van der Waals surface area contributed by atoms with Gasteiger partial charge in [-0.15, -0.1) is 0 Å². The lowest BCUT2D eigenvalue weighted by Gasteiger charge is -2.18. The van der Waals surface area contributed by atoms with Gasteiger partial charge in [0.15, 0.2) is 0 Å². The minimum atomic E-state index is -0.286. The van der Waals surface area contributed by atoms with Crippen LogP contribution in [0.15, 0.2) is 36.9 Å². The molecule has 0 atom stereocenters. The van der Waals surface area contributed by atoms with Crippen LogP contribution >= 0.6 is 0 Å².